The number of para-hydroxylation sites is 2. The highest BCUT2D eigenvalue weighted by molar-refractivity contribution is 6.24. The Hall–Kier alpha value is -9.39. The van der Waals surface area contributed by atoms with E-state index in [0.717, 1.165) is 93.5 Å². The first-order valence-electron chi connectivity index (χ1n) is 25.4. The number of fused-ring (bicyclic) bond motifs is 10. The summed E-state index contributed by atoms with van der Waals surface area (Å²) in [7, 11) is 0. The van der Waals surface area contributed by atoms with E-state index < -0.39 is 0 Å². The predicted octanol–water partition coefficient (Wildman–Crippen LogP) is 16.6. The van der Waals surface area contributed by atoms with Crippen LogP contribution in [0.4, 0.5) is 0 Å². The van der Waals surface area contributed by atoms with Crippen molar-refractivity contribution in [1.82, 2.24) is 24.1 Å². The summed E-state index contributed by atoms with van der Waals surface area (Å²) in [6, 6.07) is 70.1. The number of aromatic nitrogens is 5. The topological polar surface area (TPSA) is 61.7 Å². The van der Waals surface area contributed by atoms with Gasteiger partial charge < -0.3 is 8.98 Å². The largest absolute Gasteiger partial charge is 0.456 e. The van der Waals surface area contributed by atoms with E-state index in [9.17, 15) is 2.74 Å². The molecule has 0 spiro atoms. The summed E-state index contributed by atoms with van der Waals surface area (Å²) < 4.78 is 47.5. The van der Waals surface area contributed by atoms with Crippen LogP contribution >= 0.6 is 0 Å². The van der Waals surface area contributed by atoms with Crippen LogP contribution in [-0.4, -0.2) is 24.1 Å². The van der Waals surface area contributed by atoms with Crippen LogP contribution in [0.15, 0.2) is 235 Å². The minimum absolute atomic E-state index is 0.0465. The minimum atomic E-state index is -0.303. The number of nitrogens with zero attached hydrogens (tertiary/aromatic N) is 5. The summed E-state index contributed by atoms with van der Waals surface area (Å²) in [5, 5.41) is 5.75. The SMILES string of the molecule is [2H]c1c([2H])c(C)c([2H])c(-c2nc(-c3cccc4oc5cccc(-c6ccccc6)c5c34)nc(-n3c4ccccc4c4ccc5c6ccccc6n(-c6cc(-c7ccccc7)ccc6-c6ccccc6)c5c43)n2)c1[2H]. The summed E-state index contributed by atoms with van der Waals surface area (Å²) >= 11 is 0. The first-order valence-corrected chi connectivity index (χ1v) is 23.4. The lowest BCUT2D eigenvalue weighted by Gasteiger charge is -2.17. The summed E-state index contributed by atoms with van der Waals surface area (Å²) in [6.07, 6.45) is 0. The summed E-state index contributed by atoms with van der Waals surface area (Å²) in [5.41, 5.74) is 13.3. The van der Waals surface area contributed by atoms with E-state index >= 15 is 0 Å². The van der Waals surface area contributed by atoms with E-state index in [4.69, 9.17) is 22.1 Å². The Bertz CT molecular complexity index is 4570. The van der Waals surface area contributed by atoms with E-state index in [2.05, 4.69) is 143 Å². The predicted molar refractivity (Wildman–Crippen MR) is 288 cm³/mol. The molecule has 0 bridgehead atoms. The number of furan rings is 1. The highest BCUT2D eigenvalue weighted by atomic mass is 16.3. The average Bonchev–Trinajstić information content (AvgIpc) is 4.13. The van der Waals surface area contributed by atoms with Gasteiger partial charge in [0.2, 0.25) is 5.95 Å². The molecular formula is C64H41N5O. The Morgan fingerprint density at radius 1 is 0.414 bits per heavy atom. The summed E-state index contributed by atoms with van der Waals surface area (Å²) in [5.74, 6) is 0.595. The molecule has 6 nitrogen and oxygen atoms in total. The van der Waals surface area contributed by atoms with E-state index in [-0.39, 0.29) is 47.1 Å². The van der Waals surface area contributed by atoms with Crippen LogP contribution in [0, 0.1) is 6.92 Å². The number of rotatable bonds is 7. The lowest BCUT2D eigenvalue weighted by Crippen LogP contribution is -2.07. The fourth-order valence-electron chi connectivity index (χ4n) is 10.5. The Labute approximate surface area is 408 Å². The molecule has 0 unspecified atom stereocenters. The van der Waals surface area contributed by atoms with Crippen LogP contribution in [-0.2, 0) is 0 Å². The van der Waals surface area contributed by atoms with Gasteiger partial charge in [0.1, 0.15) is 11.2 Å². The Morgan fingerprint density at radius 3 is 1.66 bits per heavy atom. The second-order valence-corrected chi connectivity index (χ2v) is 17.6. The molecule has 0 amide bonds. The van der Waals surface area contributed by atoms with Crippen LogP contribution in [0.1, 0.15) is 11.0 Å². The van der Waals surface area contributed by atoms with Gasteiger partial charge in [0, 0.05) is 49.0 Å². The molecule has 14 rings (SSSR count). The quantitative estimate of drug-likeness (QED) is 0.160. The van der Waals surface area contributed by atoms with Crippen LogP contribution in [0.25, 0.3) is 133 Å². The minimum Gasteiger partial charge on any atom is -0.456 e. The summed E-state index contributed by atoms with van der Waals surface area (Å²) in [6.45, 7) is 1.64. The van der Waals surface area contributed by atoms with Crippen molar-refractivity contribution in [3.63, 3.8) is 0 Å². The van der Waals surface area contributed by atoms with Gasteiger partial charge in [-0.3, -0.25) is 4.57 Å². The molecule has 70 heavy (non-hydrogen) atoms. The fraction of sp³-hybridized carbons (Fsp3) is 0.0156. The molecule has 14 aromatic rings. The first-order chi connectivity index (χ1) is 36.3. The molecule has 4 heterocycles. The number of hydrogen-bond donors (Lipinski definition) is 0. The molecule has 0 aliphatic rings. The highest BCUT2D eigenvalue weighted by Crippen LogP contribution is 2.45. The van der Waals surface area contributed by atoms with Gasteiger partial charge in [-0.25, -0.2) is 4.98 Å². The Balaban J connectivity index is 1.15. The molecule has 0 radical (unpaired) electrons. The molecule has 6 heteroatoms. The van der Waals surface area contributed by atoms with Gasteiger partial charge in [-0.1, -0.05) is 200 Å². The molecule has 10 aromatic carbocycles. The van der Waals surface area contributed by atoms with E-state index in [1.54, 1.807) is 6.92 Å². The van der Waals surface area contributed by atoms with Crippen molar-refractivity contribution in [3.05, 3.63) is 236 Å². The zero-order chi connectivity index (χ0) is 49.8. The van der Waals surface area contributed by atoms with Gasteiger partial charge in [-0.2, -0.15) is 9.97 Å². The van der Waals surface area contributed by atoms with E-state index in [1.165, 1.54) is 0 Å². The van der Waals surface area contributed by atoms with Gasteiger partial charge in [-0.05, 0) is 71.1 Å². The molecule has 0 aliphatic carbocycles. The average molecular weight is 900 g/mol. The van der Waals surface area contributed by atoms with Gasteiger partial charge in [-0.15, -0.1) is 0 Å². The molecule has 0 saturated carbocycles. The fourth-order valence-corrected chi connectivity index (χ4v) is 10.5. The molecule has 0 aliphatic heterocycles. The third-order valence-corrected chi connectivity index (χ3v) is 13.5. The lowest BCUT2D eigenvalue weighted by atomic mass is 9.97. The lowest BCUT2D eigenvalue weighted by molar-refractivity contribution is 0.669. The third-order valence-electron chi connectivity index (χ3n) is 13.5. The van der Waals surface area contributed by atoms with E-state index in [0.29, 0.717) is 22.6 Å². The van der Waals surface area contributed by atoms with Crippen LogP contribution in [0.5, 0.6) is 0 Å². The van der Waals surface area contributed by atoms with Crippen molar-refractivity contribution < 1.29 is 9.90 Å². The maximum absolute atomic E-state index is 9.45. The molecule has 0 N–H and O–H groups in total. The Kier molecular flexibility index (Phi) is 8.10. The third kappa shape index (κ3) is 6.24. The zero-order valence-electron chi connectivity index (χ0n) is 41.8. The standard InChI is InChI=1S/C64H41N5O/c1-40-18-15-25-45(38-40)62-65-63(52-29-17-33-57-59(52)58-47(28-16-32-56(58)70-57)43-23-9-4-10-24-43)67-64(66-62)69-54-31-14-12-27-49(54)51-37-36-50-48-26-11-13-30-53(48)68(60(50)61(51)69)55-39-44(41-19-5-2-6-20-41)34-35-46(55)42-21-7-3-8-22-42/h2-39H,1H3/i15D,18D,25D,38D. The number of hydrogen-bond acceptors (Lipinski definition) is 4. The highest BCUT2D eigenvalue weighted by Gasteiger charge is 2.26. The maximum Gasteiger partial charge on any atom is 0.238 e. The smallest absolute Gasteiger partial charge is 0.238 e. The number of benzene rings is 10. The van der Waals surface area contributed by atoms with Gasteiger partial charge in [0.15, 0.2) is 11.6 Å². The maximum atomic E-state index is 9.45. The van der Waals surface area contributed by atoms with Crippen molar-refractivity contribution in [2.24, 2.45) is 0 Å². The molecule has 4 aromatic heterocycles. The second-order valence-electron chi connectivity index (χ2n) is 17.6. The monoisotopic (exact) mass is 899 g/mol. The normalized spacial score (nSPS) is 12.6. The van der Waals surface area contributed by atoms with Gasteiger partial charge in [0.05, 0.1) is 33.2 Å². The Morgan fingerprint density at radius 2 is 0.971 bits per heavy atom. The van der Waals surface area contributed by atoms with E-state index in [1.807, 2.05) is 72.8 Å². The molecule has 0 saturated heterocycles. The molecule has 328 valence electrons. The van der Waals surface area contributed by atoms with Crippen molar-refractivity contribution >= 4 is 65.6 Å². The zero-order valence-corrected chi connectivity index (χ0v) is 37.8. The van der Waals surface area contributed by atoms with Crippen molar-refractivity contribution in [1.29, 1.82) is 0 Å². The van der Waals surface area contributed by atoms with Crippen LogP contribution in [0.3, 0.4) is 0 Å². The van der Waals surface area contributed by atoms with Crippen molar-refractivity contribution in [2.75, 3.05) is 0 Å². The van der Waals surface area contributed by atoms with Gasteiger partial charge in [0.25, 0.3) is 0 Å². The molecule has 0 fully saturated rings. The molecular weight excluding hydrogens is 855 g/mol. The van der Waals surface area contributed by atoms with Crippen LogP contribution in [0.2, 0.25) is 0 Å². The van der Waals surface area contributed by atoms with Crippen LogP contribution < -0.4 is 0 Å². The second kappa shape index (κ2) is 15.9. The summed E-state index contributed by atoms with van der Waals surface area (Å²) in [4.78, 5) is 16.0. The van der Waals surface area contributed by atoms with Crippen molar-refractivity contribution in [2.45, 2.75) is 6.92 Å². The van der Waals surface area contributed by atoms with Gasteiger partial charge >= 0.3 is 0 Å². The molecule has 0 atom stereocenters. The van der Waals surface area contributed by atoms with Crippen molar-refractivity contribution in [3.8, 4) is 67.8 Å². The first kappa shape index (κ1) is 35.8.